The van der Waals surface area contributed by atoms with Crippen LogP contribution in [0.5, 0.6) is 0 Å². The monoisotopic (exact) mass is 465 g/mol. The zero-order valence-electron chi connectivity index (χ0n) is 18.9. The van der Waals surface area contributed by atoms with Gasteiger partial charge in [-0.2, -0.15) is 5.26 Å². The van der Waals surface area contributed by atoms with Crippen LogP contribution in [0.15, 0.2) is 34.8 Å². The molecule has 0 saturated carbocycles. The molecule has 10 heteroatoms. The van der Waals surface area contributed by atoms with E-state index in [1.807, 2.05) is 17.0 Å². The van der Waals surface area contributed by atoms with Crippen LogP contribution in [-0.4, -0.2) is 66.6 Å². The Morgan fingerprint density at radius 2 is 2.06 bits per heavy atom. The molecule has 2 aromatic heterocycles. The molecule has 178 valence electrons. The first-order valence-corrected chi connectivity index (χ1v) is 11.6. The van der Waals surface area contributed by atoms with Crippen molar-refractivity contribution in [1.82, 2.24) is 14.7 Å². The van der Waals surface area contributed by atoms with E-state index in [0.29, 0.717) is 63.8 Å². The van der Waals surface area contributed by atoms with Gasteiger partial charge in [0.25, 0.3) is 11.5 Å². The lowest BCUT2D eigenvalue weighted by molar-refractivity contribution is -0.169. The Morgan fingerprint density at radius 3 is 2.76 bits per heavy atom. The van der Waals surface area contributed by atoms with Gasteiger partial charge in [-0.15, -0.1) is 0 Å². The van der Waals surface area contributed by atoms with Crippen molar-refractivity contribution in [3.63, 3.8) is 0 Å². The number of aromatic nitrogens is 2. The number of ether oxygens (including phenoxy) is 3. The lowest BCUT2D eigenvalue weighted by Gasteiger charge is -2.38. The molecule has 5 heterocycles. The molecule has 0 aromatic carbocycles. The number of nitriles is 1. The lowest BCUT2D eigenvalue weighted by Crippen LogP contribution is -2.46. The number of piperidine rings is 1. The fourth-order valence-electron chi connectivity index (χ4n) is 4.70. The van der Waals surface area contributed by atoms with Gasteiger partial charge in [-0.25, -0.2) is 4.98 Å². The highest BCUT2D eigenvalue weighted by Gasteiger charge is 2.40. The summed E-state index contributed by atoms with van der Waals surface area (Å²) in [4.78, 5) is 32.9. The number of carbonyl (C=O) groups is 1. The average molecular weight is 466 g/mol. The third-order valence-corrected chi connectivity index (χ3v) is 6.56. The molecule has 3 aliphatic rings. The molecule has 34 heavy (non-hydrogen) atoms. The number of carbonyl (C=O) groups excluding carboxylic acids is 1. The Bertz CT molecular complexity index is 1190. The molecule has 1 atom stereocenters. The van der Waals surface area contributed by atoms with Gasteiger partial charge in [0.1, 0.15) is 23.1 Å². The lowest BCUT2D eigenvalue weighted by atomic mass is 10.0. The highest BCUT2D eigenvalue weighted by molar-refractivity contribution is 6.02. The fourth-order valence-corrected chi connectivity index (χ4v) is 4.70. The summed E-state index contributed by atoms with van der Waals surface area (Å²) >= 11 is 0. The van der Waals surface area contributed by atoms with E-state index >= 15 is 0 Å². The van der Waals surface area contributed by atoms with Crippen molar-refractivity contribution < 1.29 is 19.0 Å². The van der Waals surface area contributed by atoms with E-state index in [4.69, 9.17) is 19.2 Å². The minimum Gasteiger partial charge on any atom is -0.376 e. The second-order valence-electron chi connectivity index (χ2n) is 8.69. The predicted molar refractivity (Wildman–Crippen MR) is 123 cm³/mol. The second kappa shape index (κ2) is 9.54. The van der Waals surface area contributed by atoms with Gasteiger partial charge in [-0.1, -0.05) is 6.07 Å². The molecule has 3 fully saturated rings. The van der Waals surface area contributed by atoms with Gasteiger partial charge in [0.2, 0.25) is 0 Å². The molecule has 0 aliphatic carbocycles. The normalized spacial score (nSPS) is 22.3. The van der Waals surface area contributed by atoms with Gasteiger partial charge in [0.05, 0.1) is 24.9 Å². The summed E-state index contributed by atoms with van der Waals surface area (Å²) in [6, 6.07) is 7.25. The standard InChI is InChI=1S/C24H27N5O5/c25-15-17(22(30)26-16-18-4-3-11-32-18)14-19-21(27-20-5-1-2-8-29(20)23(19)31)28-9-6-24(7-10-28)33-12-13-34-24/h1-2,5,8,14,18H,3-4,6-7,9-13,16H2,(H,26,30). The Hall–Kier alpha value is -3.26. The van der Waals surface area contributed by atoms with E-state index in [1.165, 1.54) is 10.5 Å². The quantitative estimate of drug-likeness (QED) is 0.518. The summed E-state index contributed by atoms with van der Waals surface area (Å²) in [6.07, 6.45) is 6.03. The molecule has 10 nitrogen and oxygen atoms in total. The maximum absolute atomic E-state index is 13.4. The largest absolute Gasteiger partial charge is 0.376 e. The van der Waals surface area contributed by atoms with Gasteiger partial charge in [-0.3, -0.25) is 14.0 Å². The minimum atomic E-state index is -0.571. The van der Waals surface area contributed by atoms with E-state index in [9.17, 15) is 14.9 Å². The second-order valence-corrected chi connectivity index (χ2v) is 8.69. The molecule has 1 N–H and O–H groups in total. The number of hydrogen-bond acceptors (Lipinski definition) is 8. The molecule has 1 amide bonds. The van der Waals surface area contributed by atoms with Gasteiger partial charge in [0, 0.05) is 45.3 Å². The molecule has 3 saturated heterocycles. The Labute approximate surface area is 196 Å². The number of hydrogen-bond donors (Lipinski definition) is 1. The van der Waals surface area contributed by atoms with Crippen LogP contribution in [0.1, 0.15) is 31.2 Å². The van der Waals surface area contributed by atoms with E-state index in [-0.39, 0.29) is 22.8 Å². The van der Waals surface area contributed by atoms with Crippen molar-refractivity contribution in [1.29, 1.82) is 5.26 Å². The number of anilines is 1. The summed E-state index contributed by atoms with van der Waals surface area (Å²) in [5, 5.41) is 12.5. The van der Waals surface area contributed by atoms with Crippen LogP contribution < -0.4 is 15.8 Å². The van der Waals surface area contributed by atoms with Crippen molar-refractivity contribution in [3.05, 3.63) is 45.9 Å². The molecular formula is C24H27N5O5. The van der Waals surface area contributed by atoms with Crippen LogP contribution in [0.2, 0.25) is 0 Å². The highest BCUT2D eigenvalue weighted by Crippen LogP contribution is 2.33. The van der Waals surface area contributed by atoms with Gasteiger partial charge >= 0.3 is 0 Å². The molecule has 2 aromatic rings. The molecule has 1 unspecified atom stereocenters. The van der Waals surface area contributed by atoms with Crippen molar-refractivity contribution in [2.24, 2.45) is 0 Å². The van der Waals surface area contributed by atoms with Gasteiger partial charge < -0.3 is 24.4 Å². The summed E-state index contributed by atoms with van der Waals surface area (Å²) in [6.45, 7) is 3.31. The van der Waals surface area contributed by atoms with Crippen LogP contribution in [-0.2, 0) is 19.0 Å². The fraction of sp³-hybridized carbons (Fsp3) is 0.500. The van der Waals surface area contributed by atoms with Crippen LogP contribution in [0.25, 0.3) is 11.7 Å². The molecular weight excluding hydrogens is 438 g/mol. The zero-order valence-corrected chi connectivity index (χ0v) is 18.9. The molecule has 5 rings (SSSR count). The van der Waals surface area contributed by atoms with Crippen LogP contribution >= 0.6 is 0 Å². The SMILES string of the molecule is N#CC(=Cc1c(N2CCC3(CC2)OCCO3)nc2ccccn2c1=O)C(=O)NCC1CCCO1. The first-order valence-electron chi connectivity index (χ1n) is 11.6. The third-order valence-electron chi connectivity index (χ3n) is 6.56. The third kappa shape index (κ3) is 4.42. The average Bonchev–Trinajstić information content (AvgIpc) is 3.55. The smallest absolute Gasteiger partial charge is 0.267 e. The first-order chi connectivity index (χ1) is 16.6. The number of nitrogens with zero attached hydrogens (tertiary/aromatic N) is 4. The summed E-state index contributed by atoms with van der Waals surface area (Å²) in [5.74, 6) is -0.658. The first kappa shape index (κ1) is 22.5. The maximum atomic E-state index is 13.4. The van der Waals surface area contributed by atoms with Gasteiger partial charge in [0.15, 0.2) is 5.79 Å². The van der Waals surface area contributed by atoms with E-state index in [0.717, 1.165) is 12.8 Å². The number of pyridine rings is 1. The highest BCUT2D eigenvalue weighted by atomic mass is 16.7. The Morgan fingerprint density at radius 1 is 1.26 bits per heavy atom. The number of amides is 1. The molecule has 3 aliphatic heterocycles. The number of nitrogens with one attached hydrogen (secondary N) is 1. The van der Waals surface area contributed by atoms with E-state index in [1.54, 1.807) is 18.3 Å². The number of rotatable bonds is 5. The van der Waals surface area contributed by atoms with Gasteiger partial charge in [-0.05, 0) is 31.1 Å². The zero-order chi connectivity index (χ0) is 23.5. The number of fused-ring (bicyclic) bond motifs is 1. The minimum absolute atomic E-state index is 0.0480. The topological polar surface area (TPSA) is 118 Å². The van der Waals surface area contributed by atoms with Crippen LogP contribution in [0.4, 0.5) is 5.82 Å². The summed E-state index contributed by atoms with van der Waals surface area (Å²) < 4.78 is 18.6. The molecule has 1 spiro atoms. The summed E-state index contributed by atoms with van der Waals surface area (Å²) in [7, 11) is 0. The molecule has 0 radical (unpaired) electrons. The molecule has 0 bridgehead atoms. The van der Waals surface area contributed by atoms with Crippen molar-refractivity contribution in [2.75, 3.05) is 44.4 Å². The van der Waals surface area contributed by atoms with Crippen LogP contribution in [0, 0.1) is 11.3 Å². The van der Waals surface area contributed by atoms with Crippen LogP contribution in [0.3, 0.4) is 0 Å². The Kier molecular flexibility index (Phi) is 6.32. The maximum Gasteiger partial charge on any atom is 0.267 e. The van der Waals surface area contributed by atoms with Crippen molar-refractivity contribution in [2.45, 2.75) is 37.6 Å². The summed E-state index contributed by atoms with van der Waals surface area (Å²) in [5.41, 5.74) is 0.213. The Balaban J connectivity index is 1.47. The predicted octanol–water partition coefficient (Wildman–Crippen LogP) is 1.24. The van der Waals surface area contributed by atoms with E-state index < -0.39 is 11.7 Å². The van der Waals surface area contributed by atoms with E-state index in [2.05, 4.69) is 5.32 Å². The van der Waals surface area contributed by atoms with Crippen molar-refractivity contribution in [3.8, 4) is 6.07 Å². The van der Waals surface area contributed by atoms with Crippen molar-refractivity contribution >= 4 is 23.4 Å².